The van der Waals surface area contributed by atoms with Crippen LogP contribution in [0.1, 0.15) is 72.8 Å². The fourth-order valence-corrected chi connectivity index (χ4v) is 9.61. The van der Waals surface area contributed by atoms with Gasteiger partial charge in [0.2, 0.25) is 0 Å². The van der Waals surface area contributed by atoms with E-state index in [4.69, 9.17) is 9.97 Å². The molecule has 7 aromatic rings. The van der Waals surface area contributed by atoms with Gasteiger partial charge in [0.15, 0.2) is 0 Å². The van der Waals surface area contributed by atoms with Crippen molar-refractivity contribution in [2.24, 2.45) is 0 Å². The van der Waals surface area contributed by atoms with Crippen LogP contribution in [-0.2, 0) is 4.79 Å². The molecule has 7 heteroatoms. The van der Waals surface area contributed by atoms with E-state index >= 15 is 0 Å². The summed E-state index contributed by atoms with van der Waals surface area (Å²) in [6, 6.07) is 33.4. The highest BCUT2D eigenvalue weighted by Crippen LogP contribution is 2.43. The number of nitrogens with zero attached hydrogens (tertiary/aromatic N) is 3. The Kier molecular flexibility index (Phi) is 10.2. The van der Waals surface area contributed by atoms with Crippen LogP contribution in [0, 0.1) is 66.7 Å². The maximum Gasteiger partial charge on any atom is 0.346 e. The van der Waals surface area contributed by atoms with Gasteiger partial charge in [-0.15, -0.1) is 0 Å². The van der Waals surface area contributed by atoms with Crippen LogP contribution in [0.3, 0.4) is 0 Å². The van der Waals surface area contributed by atoms with Crippen LogP contribution >= 0.6 is 0 Å². The number of nitrogens with one attached hydrogen (secondary N) is 2. The number of carboxylic acids is 1. The molecule has 0 aliphatic carbocycles. The number of carboxylic acid groups (broad SMARTS) is 1. The normalized spacial score (nSPS) is 12.2. The van der Waals surface area contributed by atoms with Crippen LogP contribution in [0.2, 0.25) is 0 Å². The molecule has 0 unspecified atom stereocenters. The largest absolute Gasteiger partial charge is 0.477 e. The van der Waals surface area contributed by atoms with Gasteiger partial charge in [-0.05, 0) is 171 Å². The van der Waals surface area contributed by atoms with Gasteiger partial charge in [-0.25, -0.2) is 14.8 Å². The molecule has 0 radical (unpaired) electrons. The smallest absolute Gasteiger partial charge is 0.346 e. The Morgan fingerprint density at radius 3 is 1.17 bits per heavy atom. The summed E-state index contributed by atoms with van der Waals surface area (Å²) in [5.41, 5.74) is 22.8. The quantitative estimate of drug-likeness (QED) is 0.114. The fourth-order valence-electron chi connectivity index (χ4n) is 9.61. The van der Waals surface area contributed by atoms with Gasteiger partial charge in [0.1, 0.15) is 11.6 Å². The van der Waals surface area contributed by atoms with Crippen molar-refractivity contribution in [3.05, 3.63) is 169 Å². The van der Waals surface area contributed by atoms with Crippen molar-refractivity contribution in [2.45, 2.75) is 55.4 Å². The number of fused-ring (bicyclic) bond motifs is 8. The van der Waals surface area contributed by atoms with Crippen molar-refractivity contribution in [1.82, 2.24) is 19.9 Å². The van der Waals surface area contributed by atoms with Gasteiger partial charge < -0.3 is 15.1 Å². The first-order valence-electron chi connectivity index (χ1n) is 21.2. The fraction of sp³-hybridized carbons (Fsp3) is 0.143. The summed E-state index contributed by atoms with van der Waals surface area (Å²) >= 11 is 0. The average Bonchev–Trinajstić information content (AvgIpc) is 4.08. The van der Waals surface area contributed by atoms with Gasteiger partial charge in [-0.2, -0.15) is 5.26 Å². The molecule has 0 saturated heterocycles. The van der Waals surface area contributed by atoms with Crippen molar-refractivity contribution in [1.29, 1.82) is 5.26 Å². The van der Waals surface area contributed by atoms with Crippen LogP contribution in [-0.4, -0.2) is 31.0 Å². The first-order chi connectivity index (χ1) is 30.3. The molecule has 7 nitrogen and oxygen atoms in total. The molecule has 3 aromatic heterocycles. The van der Waals surface area contributed by atoms with Gasteiger partial charge in [-0.3, -0.25) is 0 Å². The first-order valence-corrected chi connectivity index (χ1v) is 21.2. The van der Waals surface area contributed by atoms with E-state index in [2.05, 4.69) is 169 Å². The Balaban J connectivity index is 1.61. The van der Waals surface area contributed by atoms with Crippen molar-refractivity contribution >= 4 is 58.4 Å². The number of aromatic nitrogens is 4. The monoisotopic (exact) mass is 821 g/mol. The number of benzene rings is 4. The van der Waals surface area contributed by atoms with E-state index in [1.165, 1.54) is 6.08 Å². The van der Waals surface area contributed by atoms with Crippen LogP contribution < -0.4 is 0 Å². The van der Waals surface area contributed by atoms with Crippen molar-refractivity contribution in [3.63, 3.8) is 0 Å². The molecule has 0 saturated carbocycles. The molecule has 0 fully saturated rings. The molecule has 0 spiro atoms. The Morgan fingerprint density at radius 2 is 0.825 bits per heavy atom. The number of aromatic amines is 2. The second-order valence-corrected chi connectivity index (χ2v) is 16.8. The van der Waals surface area contributed by atoms with E-state index in [1.807, 2.05) is 18.2 Å². The van der Waals surface area contributed by atoms with E-state index in [0.29, 0.717) is 16.8 Å². The average molecular weight is 822 g/mol. The third kappa shape index (κ3) is 7.00. The number of nitriles is 1. The molecule has 0 atom stereocenters. The zero-order chi connectivity index (χ0) is 44.3. The first kappa shape index (κ1) is 40.6. The van der Waals surface area contributed by atoms with Crippen LogP contribution in [0.15, 0.2) is 96.6 Å². The summed E-state index contributed by atoms with van der Waals surface area (Å²) < 4.78 is 0. The molecule has 5 heterocycles. The number of H-pyrrole nitrogens is 2. The van der Waals surface area contributed by atoms with E-state index in [-0.39, 0.29) is 5.57 Å². The topological polar surface area (TPSA) is 118 Å². The maximum absolute atomic E-state index is 12.6. The third-order valence-electron chi connectivity index (χ3n) is 12.5. The van der Waals surface area contributed by atoms with E-state index in [9.17, 15) is 15.2 Å². The molecule has 2 aliphatic rings. The van der Waals surface area contributed by atoms with Gasteiger partial charge in [0.05, 0.1) is 28.3 Å². The number of rotatable bonds is 6. The second-order valence-electron chi connectivity index (χ2n) is 16.8. The summed E-state index contributed by atoms with van der Waals surface area (Å²) in [6.07, 6.45) is 9.78. The molecule has 4 aromatic carbocycles. The molecule has 308 valence electrons. The predicted octanol–water partition coefficient (Wildman–Crippen LogP) is 13.8. The van der Waals surface area contributed by atoms with E-state index < -0.39 is 5.97 Å². The predicted molar refractivity (Wildman–Crippen MR) is 260 cm³/mol. The third-order valence-corrected chi connectivity index (χ3v) is 12.5. The molecule has 2 aliphatic heterocycles. The summed E-state index contributed by atoms with van der Waals surface area (Å²) in [5, 5.41) is 20.4. The molecule has 63 heavy (non-hydrogen) atoms. The number of hydrogen-bond donors (Lipinski definition) is 3. The zero-order valence-corrected chi connectivity index (χ0v) is 36.7. The minimum atomic E-state index is -1.30. The number of hydrogen-bond acceptors (Lipinski definition) is 4. The molecule has 0 amide bonds. The number of aryl methyl sites for hydroxylation is 8. The Labute approximate surface area is 367 Å². The summed E-state index contributed by atoms with van der Waals surface area (Å²) in [6.45, 7) is 16.9. The van der Waals surface area contributed by atoms with Crippen molar-refractivity contribution in [3.8, 4) is 50.6 Å². The minimum absolute atomic E-state index is 0.382. The highest BCUT2D eigenvalue weighted by Gasteiger charge is 2.24. The summed E-state index contributed by atoms with van der Waals surface area (Å²) in [7, 11) is 0. The van der Waals surface area contributed by atoms with Gasteiger partial charge in [-0.1, -0.05) is 72.8 Å². The Hall–Kier alpha value is -7.82. The number of aliphatic carboxylic acids is 1. The summed E-state index contributed by atoms with van der Waals surface area (Å²) in [5.74, 6) is -1.30. The standard InChI is InChI=1S/C56H47N5O2/c1-30-13-9-14-31(2)47(30)51-40-21-22-41(58-40)52(48-32(3)15-10-16-33(48)4)43-25-26-45(60-43)54(50-36(7)19-12-20-37(50)8)55-38(27-39(29-57)56(62)63)28-46(61-55)53(44-24-23-42(51)59-44)49-34(5)17-11-18-35(49)6/h9-28,58,61H,1-8H3,(H,62,63)/b39-27+,51-40?,51-42?,52-41?,52-43?,53-44?,53-46?,54-45?,55-54?. The minimum Gasteiger partial charge on any atom is -0.477 e. The molecule has 8 bridgehead atoms. The lowest BCUT2D eigenvalue weighted by atomic mass is 9.93. The highest BCUT2D eigenvalue weighted by atomic mass is 16.4. The number of carbonyl (C=O) groups is 1. The lowest BCUT2D eigenvalue weighted by Crippen LogP contribution is -1.97. The Bertz CT molecular complexity index is 3340. The van der Waals surface area contributed by atoms with Crippen LogP contribution in [0.4, 0.5) is 0 Å². The van der Waals surface area contributed by atoms with Crippen molar-refractivity contribution < 1.29 is 9.90 Å². The van der Waals surface area contributed by atoms with E-state index in [1.54, 1.807) is 0 Å². The molecular weight excluding hydrogens is 775 g/mol. The molecule has 3 N–H and O–H groups in total. The zero-order valence-electron chi connectivity index (χ0n) is 36.7. The van der Waals surface area contributed by atoms with Gasteiger partial charge in [0, 0.05) is 44.4 Å². The summed E-state index contributed by atoms with van der Waals surface area (Å²) in [4.78, 5) is 31.4. The van der Waals surface area contributed by atoms with Crippen molar-refractivity contribution in [2.75, 3.05) is 0 Å². The van der Waals surface area contributed by atoms with Crippen LogP contribution in [0.25, 0.3) is 97.0 Å². The maximum atomic E-state index is 12.6. The van der Waals surface area contributed by atoms with Gasteiger partial charge in [0.25, 0.3) is 0 Å². The molecular formula is C56H47N5O2. The Morgan fingerprint density at radius 1 is 0.492 bits per heavy atom. The van der Waals surface area contributed by atoms with Crippen LogP contribution in [0.5, 0.6) is 0 Å². The van der Waals surface area contributed by atoms with Gasteiger partial charge >= 0.3 is 5.97 Å². The lowest BCUT2D eigenvalue weighted by Gasteiger charge is -2.14. The van der Waals surface area contributed by atoms with E-state index in [0.717, 1.165) is 123 Å². The second kappa shape index (κ2) is 15.9. The lowest BCUT2D eigenvalue weighted by molar-refractivity contribution is -0.132. The SMILES string of the molecule is Cc1cccc(C)c1-c1c2nc(c(-c3c(C)cccc3C)c3cc(/C=C(\C#N)C(=O)O)c([nH]3)c(-c3c(C)cccc3C)c3nc(c(-c4c(C)cccc4C)c4ccc1[nH]4)C=C3)C=C2. The molecule has 9 rings (SSSR count). The highest BCUT2D eigenvalue weighted by molar-refractivity contribution is 6.05.